The Hall–Kier alpha value is -2.62. The first-order chi connectivity index (χ1) is 17.7. The summed E-state index contributed by atoms with van der Waals surface area (Å²) in [6.07, 6.45) is 8.58. The summed E-state index contributed by atoms with van der Waals surface area (Å²) < 4.78 is 31.0. The van der Waals surface area contributed by atoms with E-state index in [0.717, 1.165) is 24.5 Å². The van der Waals surface area contributed by atoms with Crippen molar-refractivity contribution >= 4 is 41.0 Å². The molecule has 1 aromatic heterocycles. The van der Waals surface area contributed by atoms with Crippen molar-refractivity contribution in [2.45, 2.75) is 69.0 Å². The molecule has 2 aliphatic heterocycles. The number of alkyl halides is 2. The van der Waals surface area contributed by atoms with E-state index in [2.05, 4.69) is 37.9 Å². The van der Waals surface area contributed by atoms with Gasteiger partial charge in [0.1, 0.15) is 5.82 Å². The van der Waals surface area contributed by atoms with Crippen molar-refractivity contribution in [2.24, 2.45) is 5.41 Å². The van der Waals surface area contributed by atoms with E-state index in [4.69, 9.17) is 0 Å². The number of hydrogen-bond acceptors (Lipinski definition) is 7. The molecule has 0 bridgehead atoms. The lowest BCUT2D eigenvalue weighted by Gasteiger charge is -2.35. The molecule has 2 aliphatic carbocycles. The van der Waals surface area contributed by atoms with Gasteiger partial charge in [-0.25, -0.2) is 13.8 Å². The maximum atomic E-state index is 13.6. The highest BCUT2D eigenvalue weighted by Gasteiger charge is 2.45. The zero-order valence-electron chi connectivity index (χ0n) is 21.2. The van der Waals surface area contributed by atoms with Crippen LogP contribution in [0.4, 0.5) is 31.9 Å². The number of benzene rings is 1. The summed E-state index contributed by atoms with van der Waals surface area (Å²) in [4.78, 5) is 26.3. The molecule has 4 aliphatic rings. The minimum Gasteiger partial charge on any atom is -0.371 e. The minimum atomic E-state index is -2.62. The first-order valence-corrected chi connectivity index (χ1v) is 14.1. The van der Waals surface area contributed by atoms with Crippen molar-refractivity contribution in [3.63, 3.8) is 0 Å². The topological polar surface area (TPSA) is 73.4 Å². The number of amides is 1. The third-order valence-corrected chi connectivity index (χ3v) is 9.66. The summed E-state index contributed by atoms with van der Waals surface area (Å²) >= 11 is 1.75. The number of nitrogens with one attached hydrogen (secondary N) is 2. The van der Waals surface area contributed by atoms with Crippen LogP contribution >= 0.6 is 11.9 Å². The number of carbonyl (C=O) groups excluding carboxylic acids is 1. The fourth-order valence-electron chi connectivity index (χ4n) is 5.23. The maximum Gasteiger partial charge on any atom is 0.260 e. The van der Waals surface area contributed by atoms with Crippen molar-refractivity contribution in [1.82, 2.24) is 9.97 Å². The Morgan fingerprint density at radius 3 is 2.32 bits per heavy atom. The van der Waals surface area contributed by atoms with Crippen molar-refractivity contribution in [3.8, 4) is 0 Å². The van der Waals surface area contributed by atoms with Gasteiger partial charge in [-0.15, -0.1) is 0 Å². The molecule has 7 nitrogen and oxygen atoms in total. The van der Waals surface area contributed by atoms with Crippen molar-refractivity contribution < 1.29 is 13.6 Å². The summed E-state index contributed by atoms with van der Waals surface area (Å²) in [6, 6.07) is 7.61. The van der Waals surface area contributed by atoms with E-state index in [9.17, 15) is 13.6 Å². The van der Waals surface area contributed by atoms with Crippen LogP contribution in [0.5, 0.6) is 0 Å². The van der Waals surface area contributed by atoms with E-state index in [1.165, 1.54) is 38.5 Å². The molecular formula is C27H34F2N6OS. The van der Waals surface area contributed by atoms with E-state index in [1.807, 2.05) is 17.0 Å². The number of aromatic nitrogens is 2. The highest BCUT2D eigenvalue weighted by atomic mass is 32.2. The smallest absolute Gasteiger partial charge is 0.260 e. The number of anilines is 4. The molecule has 0 atom stereocenters. The van der Waals surface area contributed by atoms with Crippen LogP contribution in [0.2, 0.25) is 0 Å². The molecule has 2 saturated carbocycles. The van der Waals surface area contributed by atoms with E-state index in [0.29, 0.717) is 21.5 Å². The van der Waals surface area contributed by atoms with Crippen LogP contribution in [0, 0.1) is 5.41 Å². The molecule has 0 unspecified atom stereocenters. The third kappa shape index (κ3) is 5.63. The molecule has 198 valence electrons. The Labute approximate surface area is 220 Å². The number of hydrogen-bond donors (Lipinski definition) is 2. The van der Waals surface area contributed by atoms with Gasteiger partial charge in [0, 0.05) is 55.7 Å². The van der Waals surface area contributed by atoms with Gasteiger partial charge in [-0.3, -0.25) is 10.1 Å². The number of rotatable bonds is 7. The van der Waals surface area contributed by atoms with Gasteiger partial charge in [-0.2, -0.15) is 4.98 Å². The molecule has 2 saturated heterocycles. The molecule has 2 N–H and O–H groups in total. The number of piperidine rings is 2. The predicted octanol–water partition coefficient (Wildman–Crippen LogP) is 5.96. The molecule has 3 heterocycles. The molecule has 1 spiro atoms. The summed E-state index contributed by atoms with van der Waals surface area (Å²) in [6.45, 7) is 4.60. The van der Waals surface area contributed by atoms with Gasteiger partial charge in [0.05, 0.1) is 11.3 Å². The lowest BCUT2D eigenvalue weighted by Crippen LogP contribution is -2.39. The first-order valence-electron chi connectivity index (χ1n) is 13.3. The van der Waals surface area contributed by atoms with E-state index >= 15 is 0 Å². The Kier molecular flexibility index (Phi) is 6.20. The number of nitrogens with zero attached hydrogens (tertiary/aromatic N) is 4. The average Bonchev–Trinajstić information content (AvgIpc) is 3.82. The Bertz CT molecular complexity index is 1170. The van der Waals surface area contributed by atoms with Crippen molar-refractivity contribution in [1.29, 1.82) is 0 Å². The Morgan fingerprint density at radius 1 is 0.946 bits per heavy atom. The Balaban J connectivity index is 1.19. The quantitative estimate of drug-likeness (QED) is 0.430. The maximum absolute atomic E-state index is 13.6. The van der Waals surface area contributed by atoms with Crippen LogP contribution in [-0.2, 0) is 0 Å². The van der Waals surface area contributed by atoms with Crippen LogP contribution in [0.15, 0.2) is 30.5 Å². The van der Waals surface area contributed by atoms with Crippen LogP contribution in [0.3, 0.4) is 0 Å². The monoisotopic (exact) mass is 528 g/mol. The van der Waals surface area contributed by atoms with Gasteiger partial charge in [-0.1, -0.05) is 0 Å². The summed E-state index contributed by atoms with van der Waals surface area (Å²) in [7, 11) is 0. The van der Waals surface area contributed by atoms with Crippen LogP contribution in [-0.4, -0.2) is 52.7 Å². The van der Waals surface area contributed by atoms with Crippen molar-refractivity contribution in [2.75, 3.05) is 46.0 Å². The predicted molar refractivity (Wildman–Crippen MR) is 145 cm³/mol. The molecule has 37 heavy (non-hydrogen) atoms. The van der Waals surface area contributed by atoms with Gasteiger partial charge in [-0.05, 0) is 87.1 Å². The Morgan fingerprint density at radius 2 is 1.65 bits per heavy atom. The summed E-state index contributed by atoms with van der Waals surface area (Å²) in [5.74, 6) is -2.16. The first kappa shape index (κ1) is 24.7. The van der Waals surface area contributed by atoms with Crippen LogP contribution in [0.1, 0.15) is 68.6 Å². The van der Waals surface area contributed by atoms with Gasteiger partial charge < -0.3 is 14.5 Å². The second-order valence-corrected chi connectivity index (χ2v) is 12.8. The standard InChI is InChI=1S/C27H34F2N6OS/c1-25(5-6-25)37-33-19-2-3-20(21(18-19)34-14-9-26(7-8-26)10-15-34)23(36)32-24-30-13-4-22(31-24)35-16-11-27(28,29)12-17-35/h2-4,13,18,33H,5-12,14-17H2,1H3,(H,30,31,32,36). The fourth-order valence-corrected chi connectivity index (χ4v) is 6.02. The number of carbonyl (C=O) groups is 1. The molecule has 6 rings (SSSR count). The highest BCUT2D eigenvalue weighted by Crippen LogP contribution is 2.54. The molecule has 1 amide bonds. The SMILES string of the molecule is CC1(SNc2ccc(C(=O)Nc3nccc(N4CCC(F)(F)CC4)n3)c(N3CCC4(CC3)CC4)c2)CC1. The summed E-state index contributed by atoms with van der Waals surface area (Å²) in [5, 5.41) is 2.86. The minimum absolute atomic E-state index is 0.181. The molecule has 2 aromatic rings. The average molecular weight is 529 g/mol. The zero-order valence-corrected chi connectivity index (χ0v) is 22.0. The fraction of sp³-hybridized carbons (Fsp3) is 0.593. The molecule has 10 heteroatoms. The van der Waals surface area contributed by atoms with E-state index in [1.54, 1.807) is 24.2 Å². The van der Waals surface area contributed by atoms with Crippen LogP contribution in [0.25, 0.3) is 0 Å². The van der Waals surface area contributed by atoms with Gasteiger partial charge in [0.25, 0.3) is 11.8 Å². The lowest BCUT2D eigenvalue weighted by molar-refractivity contribution is -0.0221. The molecular weight excluding hydrogens is 494 g/mol. The van der Waals surface area contributed by atoms with E-state index < -0.39 is 5.92 Å². The lowest BCUT2D eigenvalue weighted by atomic mass is 9.93. The second-order valence-electron chi connectivity index (χ2n) is 11.4. The largest absolute Gasteiger partial charge is 0.371 e. The third-order valence-electron chi connectivity index (χ3n) is 8.42. The van der Waals surface area contributed by atoms with Gasteiger partial charge in [0.15, 0.2) is 0 Å². The molecule has 1 aromatic carbocycles. The highest BCUT2D eigenvalue weighted by molar-refractivity contribution is 8.02. The summed E-state index contributed by atoms with van der Waals surface area (Å²) in [5.41, 5.74) is 3.05. The van der Waals surface area contributed by atoms with Gasteiger partial charge in [0.2, 0.25) is 5.95 Å². The number of halogens is 2. The molecule has 0 radical (unpaired) electrons. The van der Waals surface area contributed by atoms with Crippen LogP contribution < -0.4 is 19.8 Å². The zero-order chi connectivity index (χ0) is 25.7. The molecule has 4 fully saturated rings. The van der Waals surface area contributed by atoms with Crippen molar-refractivity contribution in [3.05, 3.63) is 36.0 Å². The van der Waals surface area contributed by atoms with Gasteiger partial charge >= 0.3 is 0 Å². The van der Waals surface area contributed by atoms with E-state index in [-0.39, 0.29) is 37.8 Å². The normalized spacial score (nSPS) is 23.0. The second kappa shape index (κ2) is 9.29.